The van der Waals surface area contributed by atoms with E-state index < -0.39 is 16.0 Å². The third-order valence-corrected chi connectivity index (χ3v) is 6.26. The maximum atomic E-state index is 12.7. The average Bonchev–Trinajstić information content (AvgIpc) is 2.55. The number of carbonyl (C=O) groups is 1. The molecule has 0 aliphatic carbocycles. The highest BCUT2D eigenvalue weighted by molar-refractivity contribution is 7.89. The van der Waals surface area contributed by atoms with Crippen molar-refractivity contribution in [3.05, 3.63) is 28.8 Å². The second-order valence-electron chi connectivity index (χ2n) is 5.54. The number of benzene rings is 1. The monoisotopic (exact) mass is 360 g/mol. The lowest BCUT2D eigenvalue weighted by Crippen LogP contribution is -2.40. The second kappa shape index (κ2) is 7.61. The standard InChI is InChI=1S/C15H21ClN2O4S/c1-17-10-11-5-7-18(8-6-11)23(20,21)12-3-4-13(14(16)9-12)15(19)22-2/h3-4,9,11,17H,5-8,10H2,1-2H3. The van der Waals surface area contributed by atoms with Gasteiger partial charge in [-0.15, -0.1) is 0 Å². The molecule has 1 fully saturated rings. The predicted molar refractivity (Wildman–Crippen MR) is 88.2 cm³/mol. The Morgan fingerprint density at radius 3 is 2.57 bits per heavy atom. The van der Waals surface area contributed by atoms with Crippen LogP contribution in [0.25, 0.3) is 0 Å². The van der Waals surface area contributed by atoms with Gasteiger partial charge in [-0.3, -0.25) is 0 Å². The number of esters is 1. The van der Waals surface area contributed by atoms with Crippen LogP contribution in [0, 0.1) is 5.92 Å². The van der Waals surface area contributed by atoms with Crippen LogP contribution in [0.3, 0.4) is 0 Å². The molecule has 8 heteroatoms. The van der Waals surface area contributed by atoms with Crippen LogP contribution in [0.5, 0.6) is 0 Å². The SMILES string of the molecule is CNCC1CCN(S(=O)(=O)c2ccc(C(=O)OC)c(Cl)c2)CC1. The Hall–Kier alpha value is -1.15. The van der Waals surface area contributed by atoms with Gasteiger partial charge in [-0.05, 0) is 50.6 Å². The minimum atomic E-state index is -3.60. The molecular weight excluding hydrogens is 340 g/mol. The first-order valence-electron chi connectivity index (χ1n) is 7.42. The zero-order chi connectivity index (χ0) is 17.0. The number of piperidine rings is 1. The molecule has 23 heavy (non-hydrogen) atoms. The van der Waals surface area contributed by atoms with Gasteiger partial charge in [-0.1, -0.05) is 11.6 Å². The summed E-state index contributed by atoms with van der Waals surface area (Å²) in [6, 6.07) is 4.09. The Balaban J connectivity index is 2.17. The molecule has 1 heterocycles. The van der Waals surface area contributed by atoms with Crippen molar-refractivity contribution in [2.45, 2.75) is 17.7 Å². The number of hydrogen-bond acceptors (Lipinski definition) is 5. The van der Waals surface area contributed by atoms with E-state index in [1.807, 2.05) is 7.05 Å². The Kier molecular flexibility index (Phi) is 6.02. The zero-order valence-electron chi connectivity index (χ0n) is 13.2. The van der Waals surface area contributed by atoms with E-state index in [4.69, 9.17) is 11.6 Å². The highest BCUT2D eigenvalue weighted by Crippen LogP contribution is 2.27. The van der Waals surface area contributed by atoms with Crippen molar-refractivity contribution in [1.29, 1.82) is 0 Å². The molecule has 0 atom stereocenters. The normalized spacial score (nSPS) is 17.2. The molecule has 0 radical (unpaired) electrons. The lowest BCUT2D eigenvalue weighted by atomic mass is 9.98. The fourth-order valence-corrected chi connectivity index (χ4v) is 4.54. The van der Waals surface area contributed by atoms with E-state index in [0.29, 0.717) is 19.0 Å². The first kappa shape index (κ1) is 18.2. The van der Waals surface area contributed by atoms with Gasteiger partial charge in [0.15, 0.2) is 0 Å². The molecule has 1 N–H and O–H groups in total. The van der Waals surface area contributed by atoms with Gasteiger partial charge in [0.1, 0.15) is 0 Å². The van der Waals surface area contributed by atoms with Gasteiger partial charge in [0.2, 0.25) is 10.0 Å². The molecule has 0 bridgehead atoms. The van der Waals surface area contributed by atoms with Crippen LogP contribution in [0.1, 0.15) is 23.2 Å². The summed E-state index contributed by atoms with van der Waals surface area (Å²) in [5.74, 6) is -0.0939. The third-order valence-electron chi connectivity index (χ3n) is 4.05. The summed E-state index contributed by atoms with van der Waals surface area (Å²) in [4.78, 5) is 11.6. The topological polar surface area (TPSA) is 75.7 Å². The molecule has 0 aromatic heterocycles. The molecule has 2 rings (SSSR count). The van der Waals surface area contributed by atoms with Crippen molar-refractivity contribution in [2.24, 2.45) is 5.92 Å². The van der Waals surface area contributed by atoms with E-state index in [9.17, 15) is 13.2 Å². The Morgan fingerprint density at radius 1 is 1.39 bits per heavy atom. The van der Waals surface area contributed by atoms with E-state index in [2.05, 4.69) is 10.1 Å². The molecule has 0 spiro atoms. The Morgan fingerprint density at radius 2 is 2.04 bits per heavy atom. The highest BCUT2D eigenvalue weighted by atomic mass is 35.5. The van der Waals surface area contributed by atoms with Crippen LogP contribution in [0.2, 0.25) is 5.02 Å². The Bertz CT molecular complexity index is 670. The molecule has 0 unspecified atom stereocenters. The summed E-state index contributed by atoms with van der Waals surface area (Å²) in [6.45, 7) is 1.88. The van der Waals surface area contributed by atoms with E-state index in [1.54, 1.807) is 0 Å². The van der Waals surface area contributed by atoms with E-state index in [1.165, 1.54) is 29.6 Å². The smallest absolute Gasteiger partial charge is 0.339 e. The molecule has 1 aromatic rings. The van der Waals surface area contributed by atoms with Crippen LogP contribution in [-0.4, -0.2) is 52.5 Å². The summed E-state index contributed by atoms with van der Waals surface area (Å²) in [5.41, 5.74) is 0.154. The average molecular weight is 361 g/mol. The zero-order valence-corrected chi connectivity index (χ0v) is 14.8. The lowest BCUT2D eigenvalue weighted by Gasteiger charge is -2.31. The number of nitrogens with zero attached hydrogens (tertiary/aromatic N) is 1. The number of ether oxygens (including phenoxy) is 1. The predicted octanol–water partition coefficient (Wildman–Crippen LogP) is 1.75. The number of nitrogens with one attached hydrogen (secondary N) is 1. The molecule has 0 saturated carbocycles. The fraction of sp³-hybridized carbons (Fsp3) is 0.533. The molecule has 6 nitrogen and oxygen atoms in total. The van der Waals surface area contributed by atoms with Crippen LogP contribution < -0.4 is 5.32 Å². The molecule has 1 aliphatic heterocycles. The van der Waals surface area contributed by atoms with E-state index in [0.717, 1.165) is 19.4 Å². The molecule has 1 aromatic carbocycles. The minimum Gasteiger partial charge on any atom is -0.465 e. The summed E-state index contributed by atoms with van der Waals surface area (Å²) >= 11 is 6.02. The van der Waals surface area contributed by atoms with E-state index in [-0.39, 0.29) is 15.5 Å². The first-order valence-corrected chi connectivity index (χ1v) is 9.24. The third kappa shape index (κ3) is 4.03. The van der Waals surface area contributed by atoms with Crippen molar-refractivity contribution in [2.75, 3.05) is 33.8 Å². The highest BCUT2D eigenvalue weighted by Gasteiger charge is 2.29. The van der Waals surface area contributed by atoms with Crippen LogP contribution >= 0.6 is 11.6 Å². The van der Waals surface area contributed by atoms with Gasteiger partial charge in [0.25, 0.3) is 0 Å². The number of carbonyl (C=O) groups excluding carboxylic acids is 1. The van der Waals surface area contributed by atoms with Crippen LogP contribution in [0.4, 0.5) is 0 Å². The van der Waals surface area contributed by atoms with Crippen LogP contribution in [0.15, 0.2) is 23.1 Å². The van der Waals surface area contributed by atoms with Gasteiger partial charge in [-0.25, -0.2) is 13.2 Å². The summed E-state index contributed by atoms with van der Waals surface area (Å²) in [7, 11) is -0.450. The van der Waals surface area contributed by atoms with Crippen molar-refractivity contribution >= 4 is 27.6 Å². The largest absolute Gasteiger partial charge is 0.465 e. The number of sulfonamides is 1. The maximum Gasteiger partial charge on any atom is 0.339 e. The summed E-state index contributed by atoms with van der Waals surface area (Å²) in [5, 5.41) is 3.20. The van der Waals surface area contributed by atoms with Gasteiger partial charge < -0.3 is 10.1 Å². The minimum absolute atomic E-state index is 0.0722. The number of rotatable bonds is 5. The molecule has 128 valence electrons. The molecule has 0 amide bonds. The van der Waals surface area contributed by atoms with Crippen molar-refractivity contribution in [1.82, 2.24) is 9.62 Å². The quantitative estimate of drug-likeness (QED) is 0.809. The second-order valence-corrected chi connectivity index (χ2v) is 7.88. The van der Waals surface area contributed by atoms with E-state index >= 15 is 0 Å². The lowest BCUT2D eigenvalue weighted by molar-refractivity contribution is 0.0601. The number of hydrogen-bond donors (Lipinski definition) is 1. The van der Waals surface area contributed by atoms with Crippen molar-refractivity contribution in [3.8, 4) is 0 Å². The van der Waals surface area contributed by atoms with Gasteiger partial charge in [-0.2, -0.15) is 4.31 Å². The Labute approximate surface area is 141 Å². The van der Waals surface area contributed by atoms with Crippen LogP contribution in [-0.2, 0) is 14.8 Å². The summed E-state index contributed by atoms with van der Waals surface area (Å²) in [6.07, 6.45) is 1.65. The van der Waals surface area contributed by atoms with Gasteiger partial charge in [0.05, 0.1) is 22.6 Å². The molecular formula is C15H21ClN2O4S. The number of methoxy groups -OCH3 is 1. The summed E-state index contributed by atoms with van der Waals surface area (Å²) < 4.78 is 31.5. The number of halogens is 1. The first-order chi connectivity index (χ1) is 10.9. The fourth-order valence-electron chi connectivity index (χ4n) is 2.72. The van der Waals surface area contributed by atoms with Crippen molar-refractivity contribution in [3.63, 3.8) is 0 Å². The van der Waals surface area contributed by atoms with Crippen molar-refractivity contribution < 1.29 is 17.9 Å². The maximum absolute atomic E-state index is 12.7. The molecule has 1 saturated heterocycles. The molecule has 1 aliphatic rings. The van der Waals surface area contributed by atoms with Gasteiger partial charge >= 0.3 is 5.97 Å². The van der Waals surface area contributed by atoms with Gasteiger partial charge in [0, 0.05) is 13.1 Å².